The van der Waals surface area contributed by atoms with E-state index in [9.17, 15) is 18.7 Å². The molecule has 1 aliphatic heterocycles. The van der Waals surface area contributed by atoms with Crippen LogP contribution in [-0.4, -0.2) is 43.4 Å². The van der Waals surface area contributed by atoms with Gasteiger partial charge in [0.15, 0.2) is 0 Å². The first-order valence-electron chi connectivity index (χ1n) is 9.76. The highest BCUT2D eigenvalue weighted by Gasteiger charge is 2.20. The third-order valence-corrected chi connectivity index (χ3v) is 5.02. The molecule has 2 aromatic carbocycles. The van der Waals surface area contributed by atoms with Crippen molar-refractivity contribution in [3.63, 3.8) is 0 Å². The summed E-state index contributed by atoms with van der Waals surface area (Å²) in [4.78, 5) is 14.4. The number of nitrogens with zero attached hydrogens (tertiary/aromatic N) is 1. The van der Waals surface area contributed by atoms with Crippen LogP contribution >= 0.6 is 0 Å². The third-order valence-electron chi connectivity index (χ3n) is 5.02. The zero-order valence-corrected chi connectivity index (χ0v) is 16.4. The molecule has 2 aromatic rings. The second-order valence-electron chi connectivity index (χ2n) is 7.28. The average molecular weight is 404 g/mol. The molecule has 0 aromatic heterocycles. The molecule has 3 rings (SSSR count). The molecule has 1 amide bonds. The monoisotopic (exact) mass is 404 g/mol. The van der Waals surface area contributed by atoms with Crippen molar-refractivity contribution in [1.82, 2.24) is 5.32 Å². The Hall–Kier alpha value is -2.51. The van der Waals surface area contributed by atoms with E-state index in [1.165, 1.54) is 12.1 Å². The first-order valence-corrected chi connectivity index (χ1v) is 9.76. The van der Waals surface area contributed by atoms with Crippen molar-refractivity contribution in [2.45, 2.75) is 31.9 Å². The lowest BCUT2D eigenvalue weighted by Gasteiger charge is -2.34. The van der Waals surface area contributed by atoms with Gasteiger partial charge in [-0.15, -0.1) is 0 Å². The molecule has 1 aliphatic rings. The first kappa shape index (κ1) is 21.2. The zero-order valence-electron chi connectivity index (χ0n) is 16.4. The van der Waals surface area contributed by atoms with Crippen LogP contribution in [0.1, 0.15) is 30.5 Å². The van der Waals surface area contributed by atoms with Gasteiger partial charge in [-0.2, -0.15) is 0 Å². The molecule has 29 heavy (non-hydrogen) atoms. The van der Waals surface area contributed by atoms with Gasteiger partial charge in [-0.3, -0.25) is 4.79 Å². The zero-order chi connectivity index (χ0) is 20.8. The summed E-state index contributed by atoms with van der Waals surface area (Å²) in [6.45, 7) is 3.80. The number of rotatable bonds is 7. The molecule has 0 radical (unpaired) electrons. The molecular weight excluding hydrogens is 378 g/mol. The van der Waals surface area contributed by atoms with E-state index >= 15 is 0 Å². The molecule has 2 unspecified atom stereocenters. The molecular formula is C22H26F2N2O3. The summed E-state index contributed by atoms with van der Waals surface area (Å²) >= 11 is 0. The van der Waals surface area contributed by atoms with E-state index in [-0.39, 0.29) is 37.5 Å². The number of aryl methyl sites for hydroxylation is 1. The highest BCUT2D eigenvalue weighted by molar-refractivity contribution is 5.76. The molecule has 0 saturated carbocycles. The van der Waals surface area contributed by atoms with E-state index in [4.69, 9.17) is 4.74 Å². The Morgan fingerprint density at radius 1 is 1.28 bits per heavy atom. The highest BCUT2D eigenvalue weighted by Crippen LogP contribution is 2.23. The van der Waals surface area contributed by atoms with Crippen molar-refractivity contribution >= 4 is 11.6 Å². The van der Waals surface area contributed by atoms with Crippen molar-refractivity contribution in [3.05, 3.63) is 65.2 Å². The van der Waals surface area contributed by atoms with E-state index in [0.717, 1.165) is 23.9 Å². The molecule has 1 heterocycles. The number of ether oxygens (including phenoxy) is 1. The number of aliphatic hydroxyl groups is 1. The van der Waals surface area contributed by atoms with Gasteiger partial charge in [-0.1, -0.05) is 12.1 Å². The molecule has 5 nitrogen and oxygen atoms in total. The van der Waals surface area contributed by atoms with Crippen LogP contribution in [0, 0.1) is 11.6 Å². The number of amides is 1. The smallest absolute Gasteiger partial charge is 0.220 e. The number of hydrogen-bond acceptors (Lipinski definition) is 4. The van der Waals surface area contributed by atoms with Crippen molar-refractivity contribution in [2.75, 3.05) is 31.2 Å². The van der Waals surface area contributed by atoms with Crippen molar-refractivity contribution < 1.29 is 23.4 Å². The number of nitrogens with one attached hydrogen (secondary N) is 1. The molecule has 7 heteroatoms. The van der Waals surface area contributed by atoms with E-state index in [2.05, 4.69) is 10.2 Å². The van der Waals surface area contributed by atoms with Gasteiger partial charge in [-0.25, -0.2) is 8.78 Å². The second kappa shape index (κ2) is 9.80. The molecule has 1 saturated heterocycles. The Morgan fingerprint density at radius 2 is 2.03 bits per heavy atom. The van der Waals surface area contributed by atoms with Gasteiger partial charge in [0.25, 0.3) is 0 Å². The molecule has 2 atom stereocenters. The first-order chi connectivity index (χ1) is 13.9. The number of anilines is 1. The van der Waals surface area contributed by atoms with Crippen molar-refractivity contribution in [1.29, 1.82) is 0 Å². The lowest BCUT2D eigenvalue weighted by Crippen LogP contribution is -2.44. The van der Waals surface area contributed by atoms with E-state index in [1.54, 1.807) is 0 Å². The van der Waals surface area contributed by atoms with Crippen LogP contribution in [0.2, 0.25) is 0 Å². The largest absolute Gasteiger partial charge is 0.394 e. The maximum atomic E-state index is 13.3. The third kappa shape index (κ3) is 5.98. The summed E-state index contributed by atoms with van der Waals surface area (Å²) in [6.07, 6.45) is 0.218. The van der Waals surface area contributed by atoms with Crippen LogP contribution < -0.4 is 10.2 Å². The lowest BCUT2D eigenvalue weighted by molar-refractivity contribution is -0.121. The highest BCUT2D eigenvalue weighted by atomic mass is 19.1. The second-order valence-corrected chi connectivity index (χ2v) is 7.28. The van der Waals surface area contributed by atoms with Crippen LogP contribution in [-0.2, 0) is 16.0 Å². The summed E-state index contributed by atoms with van der Waals surface area (Å²) in [5.41, 5.74) is 2.43. The Morgan fingerprint density at radius 3 is 2.76 bits per heavy atom. The lowest BCUT2D eigenvalue weighted by atomic mass is 10.1. The van der Waals surface area contributed by atoms with Crippen molar-refractivity contribution in [3.8, 4) is 0 Å². The van der Waals surface area contributed by atoms with E-state index in [0.29, 0.717) is 18.7 Å². The van der Waals surface area contributed by atoms with Gasteiger partial charge in [0.1, 0.15) is 11.6 Å². The molecule has 1 fully saturated rings. The van der Waals surface area contributed by atoms with Crippen LogP contribution in [0.15, 0.2) is 42.5 Å². The molecule has 156 valence electrons. The fourth-order valence-electron chi connectivity index (χ4n) is 3.47. The predicted octanol–water partition coefficient (Wildman–Crippen LogP) is 2.97. The van der Waals surface area contributed by atoms with Crippen LogP contribution in [0.25, 0.3) is 0 Å². The van der Waals surface area contributed by atoms with Gasteiger partial charge in [0.05, 0.1) is 25.4 Å². The Balaban J connectivity index is 1.57. The summed E-state index contributed by atoms with van der Waals surface area (Å²) in [6, 6.07) is 11.0. The number of morpholine rings is 1. The SMILES string of the molecule is CC(NC(=O)CCc1cc(F)cc(F)c1)c1cccc(N2CCOC(CO)C2)c1. The summed E-state index contributed by atoms with van der Waals surface area (Å²) < 4.78 is 32.0. The van der Waals surface area contributed by atoms with Gasteiger partial charge >= 0.3 is 0 Å². The number of benzene rings is 2. The standard InChI is InChI=1S/C22H26F2N2O3/c1-15(25-22(28)6-5-16-9-18(23)12-19(24)10-16)17-3-2-4-20(11-17)26-7-8-29-21(13-26)14-27/h2-4,9-12,15,21,27H,5-8,13-14H2,1H3,(H,25,28). The van der Waals surface area contributed by atoms with Gasteiger partial charge in [0, 0.05) is 31.3 Å². The Kier molecular flexibility index (Phi) is 7.17. The number of aliphatic hydroxyl groups excluding tert-OH is 1. The van der Waals surface area contributed by atoms with Crippen molar-refractivity contribution in [2.24, 2.45) is 0 Å². The van der Waals surface area contributed by atoms with Crippen LogP contribution in [0.4, 0.5) is 14.5 Å². The number of halogens is 2. The minimum atomic E-state index is -0.642. The minimum absolute atomic E-state index is 0.0160. The molecule has 0 spiro atoms. The molecule has 0 bridgehead atoms. The average Bonchev–Trinajstić information content (AvgIpc) is 2.71. The quantitative estimate of drug-likeness (QED) is 0.745. The summed E-state index contributed by atoms with van der Waals surface area (Å²) in [7, 11) is 0. The van der Waals surface area contributed by atoms with E-state index in [1.807, 2.05) is 31.2 Å². The van der Waals surface area contributed by atoms with Crippen LogP contribution in [0.5, 0.6) is 0 Å². The number of carbonyl (C=O) groups is 1. The maximum absolute atomic E-state index is 13.3. The van der Waals surface area contributed by atoms with Gasteiger partial charge in [0.2, 0.25) is 5.91 Å². The van der Waals surface area contributed by atoms with Gasteiger partial charge < -0.3 is 20.1 Å². The normalized spacial score (nSPS) is 17.8. The summed E-state index contributed by atoms with van der Waals surface area (Å²) in [5.74, 6) is -1.46. The minimum Gasteiger partial charge on any atom is -0.394 e. The maximum Gasteiger partial charge on any atom is 0.220 e. The van der Waals surface area contributed by atoms with Crippen LogP contribution in [0.3, 0.4) is 0 Å². The Labute approximate surface area is 169 Å². The molecule has 2 N–H and O–H groups in total. The Bertz CT molecular complexity index is 826. The number of hydrogen-bond donors (Lipinski definition) is 2. The fraction of sp³-hybridized carbons (Fsp3) is 0.409. The summed E-state index contributed by atoms with van der Waals surface area (Å²) in [5, 5.41) is 12.3. The number of carbonyl (C=O) groups excluding carboxylic acids is 1. The van der Waals surface area contributed by atoms with Gasteiger partial charge in [-0.05, 0) is 48.7 Å². The van der Waals surface area contributed by atoms with E-state index < -0.39 is 11.6 Å². The predicted molar refractivity (Wildman–Crippen MR) is 107 cm³/mol. The topological polar surface area (TPSA) is 61.8 Å². The molecule has 0 aliphatic carbocycles. The fourth-order valence-corrected chi connectivity index (χ4v) is 3.47.